The molecule has 0 bridgehead atoms. The highest BCUT2D eigenvalue weighted by molar-refractivity contribution is 5.76. The molecule has 0 aromatic heterocycles. The SMILES string of the molecule is C[C@]12CC[C@H]3[C@@H](CC=C4C[C@@H](O)CC[C@@]43C)[C@@H]1CC[C@@H]2CCCC(=O)N1CCCCC1. The van der Waals surface area contributed by atoms with Gasteiger partial charge in [-0.15, -0.1) is 0 Å². The molecule has 3 heteroatoms. The number of hydrogen-bond acceptors (Lipinski definition) is 2. The lowest BCUT2D eigenvalue weighted by atomic mass is 9.47. The summed E-state index contributed by atoms with van der Waals surface area (Å²) in [6, 6.07) is 0. The first-order valence-electron chi connectivity index (χ1n) is 13.6. The van der Waals surface area contributed by atoms with Gasteiger partial charge in [0.05, 0.1) is 6.10 Å². The third-order valence-electron chi connectivity index (χ3n) is 10.9. The first kappa shape index (κ1) is 22.0. The Morgan fingerprint density at radius 3 is 2.68 bits per heavy atom. The van der Waals surface area contributed by atoms with Gasteiger partial charge < -0.3 is 10.0 Å². The van der Waals surface area contributed by atoms with Crippen LogP contribution in [0.25, 0.3) is 0 Å². The van der Waals surface area contributed by atoms with Crippen LogP contribution in [-0.4, -0.2) is 35.1 Å². The highest BCUT2D eigenvalue weighted by Crippen LogP contribution is 2.66. The van der Waals surface area contributed by atoms with E-state index in [1.807, 2.05) is 0 Å². The first-order chi connectivity index (χ1) is 14.9. The van der Waals surface area contributed by atoms with Crippen molar-refractivity contribution in [2.75, 3.05) is 13.1 Å². The molecule has 1 amide bonds. The molecule has 4 aliphatic carbocycles. The highest BCUT2D eigenvalue weighted by atomic mass is 16.3. The summed E-state index contributed by atoms with van der Waals surface area (Å²) in [5, 5.41) is 10.2. The van der Waals surface area contributed by atoms with E-state index in [9.17, 15) is 9.90 Å². The van der Waals surface area contributed by atoms with Gasteiger partial charge in [-0.2, -0.15) is 0 Å². The number of fused-ring (bicyclic) bond motifs is 5. The predicted octanol–water partition coefficient (Wildman–Crippen LogP) is 6.11. The van der Waals surface area contributed by atoms with Gasteiger partial charge in [0.2, 0.25) is 5.91 Å². The van der Waals surface area contributed by atoms with Gasteiger partial charge in [0, 0.05) is 19.5 Å². The fourth-order valence-electron chi connectivity index (χ4n) is 9.03. The van der Waals surface area contributed by atoms with Crippen LogP contribution >= 0.6 is 0 Å². The lowest BCUT2D eigenvalue weighted by molar-refractivity contribution is -0.132. The molecule has 1 saturated heterocycles. The predicted molar refractivity (Wildman–Crippen MR) is 125 cm³/mol. The zero-order valence-electron chi connectivity index (χ0n) is 20.1. The Bertz CT molecular complexity index is 710. The van der Waals surface area contributed by atoms with Crippen LogP contribution in [0.3, 0.4) is 0 Å². The van der Waals surface area contributed by atoms with E-state index in [0.29, 0.717) is 16.7 Å². The maximum Gasteiger partial charge on any atom is 0.222 e. The Kier molecular flexibility index (Phi) is 6.03. The van der Waals surface area contributed by atoms with Crippen LogP contribution in [0, 0.1) is 34.5 Å². The van der Waals surface area contributed by atoms with Crippen molar-refractivity contribution in [2.24, 2.45) is 34.5 Å². The zero-order valence-corrected chi connectivity index (χ0v) is 20.1. The number of likely N-dealkylation sites (tertiary alicyclic amines) is 1. The Labute approximate surface area is 190 Å². The van der Waals surface area contributed by atoms with Crippen molar-refractivity contribution < 1.29 is 9.90 Å². The minimum atomic E-state index is -0.103. The Morgan fingerprint density at radius 1 is 1.06 bits per heavy atom. The van der Waals surface area contributed by atoms with Crippen LogP contribution in [0.5, 0.6) is 0 Å². The molecule has 1 heterocycles. The van der Waals surface area contributed by atoms with Crippen LogP contribution in [0.15, 0.2) is 11.6 Å². The number of piperidine rings is 1. The second kappa shape index (κ2) is 8.50. The number of carbonyl (C=O) groups is 1. The molecule has 4 fully saturated rings. The molecule has 0 unspecified atom stereocenters. The van der Waals surface area contributed by atoms with Gasteiger partial charge in [-0.3, -0.25) is 4.79 Å². The fraction of sp³-hybridized carbons (Fsp3) is 0.893. The van der Waals surface area contributed by atoms with E-state index in [1.54, 1.807) is 5.57 Å². The molecule has 1 N–H and O–H groups in total. The molecule has 3 saturated carbocycles. The molecule has 0 spiro atoms. The van der Waals surface area contributed by atoms with E-state index in [4.69, 9.17) is 0 Å². The van der Waals surface area contributed by atoms with Gasteiger partial charge in [-0.25, -0.2) is 0 Å². The molecular formula is C28H45NO2. The maximum atomic E-state index is 12.6. The average molecular weight is 428 g/mol. The Hall–Kier alpha value is -0.830. The van der Waals surface area contributed by atoms with E-state index >= 15 is 0 Å². The maximum absolute atomic E-state index is 12.6. The number of aliphatic hydroxyl groups is 1. The zero-order chi connectivity index (χ0) is 21.6. The van der Waals surface area contributed by atoms with Gasteiger partial charge >= 0.3 is 0 Å². The van der Waals surface area contributed by atoms with Gasteiger partial charge in [0.1, 0.15) is 0 Å². The van der Waals surface area contributed by atoms with E-state index in [0.717, 1.165) is 62.4 Å². The summed E-state index contributed by atoms with van der Waals surface area (Å²) in [7, 11) is 0. The van der Waals surface area contributed by atoms with Crippen LogP contribution in [0.1, 0.15) is 104 Å². The third-order valence-corrected chi connectivity index (χ3v) is 10.9. The summed E-state index contributed by atoms with van der Waals surface area (Å²) in [5.74, 6) is 3.79. The molecule has 5 rings (SSSR count). The molecular weight excluding hydrogens is 382 g/mol. The smallest absolute Gasteiger partial charge is 0.222 e. The minimum absolute atomic E-state index is 0.103. The fourth-order valence-corrected chi connectivity index (χ4v) is 9.03. The largest absolute Gasteiger partial charge is 0.393 e. The highest BCUT2D eigenvalue weighted by Gasteiger charge is 2.58. The summed E-state index contributed by atoms with van der Waals surface area (Å²) >= 11 is 0. The Balaban J connectivity index is 1.21. The third kappa shape index (κ3) is 3.81. The van der Waals surface area contributed by atoms with Crippen LogP contribution in [-0.2, 0) is 4.79 Å². The van der Waals surface area contributed by atoms with Crippen molar-refractivity contribution in [3.05, 3.63) is 11.6 Å². The van der Waals surface area contributed by atoms with Crippen LogP contribution in [0.4, 0.5) is 0 Å². The van der Waals surface area contributed by atoms with Gasteiger partial charge in [-0.1, -0.05) is 25.5 Å². The van der Waals surface area contributed by atoms with Crippen molar-refractivity contribution in [1.29, 1.82) is 0 Å². The second-order valence-electron chi connectivity index (χ2n) is 12.3. The van der Waals surface area contributed by atoms with Gasteiger partial charge in [-0.05, 0) is 118 Å². The van der Waals surface area contributed by atoms with Crippen LogP contribution < -0.4 is 0 Å². The lowest BCUT2D eigenvalue weighted by Crippen LogP contribution is -2.50. The van der Waals surface area contributed by atoms with Crippen molar-refractivity contribution in [3.8, 4) is 0 Å². The number of amides is 1. The molecule has 0 radical (unpaired) electrons. The number of aliphatic hydroxyl groups excluding tert-OH is 1. The molecule has 31 heavy (non-hydrogen) atoms. The number of carbonyl (C=O) groups excluding carboxylic acids is 1. The number of nitrogens with zero attached hydrogens (tertiary/aromatic N) is 1. The molecule has 1 aliphatic heterocycles. The normalized spacial score (nSPS) is 44.8. The van der Waals surface area contributed by atoms with Gasteiger partial charge in [0.25, 0.3) is 0 Å². The summed E-state index contributed by atoms with van der Waals surface area (Å²) in [6.45, 7) is 7.14. The van der Waals surface area contributed by atoms with E-state index in [1.165, 1.54) is 64.2 Å². The number of hydrogen-bond donors (Lipinski definition) is 1. The van der Waals surface area contributed by atoms with E-state index in [2.05, 4.69) is 24.8 Å². The molecule has 0 aromatic rings. The van der Waals surface area contributed by atoms with Gasteiger partial charge in [0.15, 0.2) is 0 Å². The number of rotatable bonds is 4. The first-order valence-corrected chi connectivity index (χ1v) is 13.6. The monoisotopic (exact) mass is 427 g/mol. The summed E-state index contributed by atoms with van der Waals surface area (Å²) < 4.78 is 0. The van der Waals surface area contributed by atoms with Crippen molar-refractivity contribution in [3.63, 3.8) is 0 Å². The van der Waals surface area contributed by atoms with Crippen molar-refractivity contribution in [2.45, 2.75) is 110 Å². The average Bonchev–Trinajstić information content (AvgIpc) is 3.11. The molecule has 174 valence electrons. The quantitative estimate of drug-likeness (QED) is 0.550. The molecule has 7 atom stereocenters. The molecule has 5 aliphatic rings. The summed E-state index contributed by atoms with van der Waals surface area (Å²) in [4.78, 5) is 14.7. The van der Waals surface area contributed by atoms with Crippen LogP contribution in [0.2, 0.25) is 0 Å². The summed E-state index contributed by atoms with van der Waals surface area (Å²) in [5.41, 5.74) is 2.43. The molecule has 3 nitrogen and oxygen atoms in total. The summed E-state index contributed by atoms with van der Waals surface area (Å²) in [6.07, 6.45) is 19.2. The number of allylic oxidation sites excluding steroid dienone is 1. The second-order valence-corrected chi connectivity index (χ2v) is 12.3. The Morgan fingerprint density at radius 2 is 1.87 bits per heavy atom. The minimum Gasteiger partial charge on any atom is -0.393 e. The topological polar surface area (TPSA) is 40.5 Å². The lowest BCUT2D eigenvalue weighted by Gasteiger charge is -2.58. The van der Waals surface area contributed by atoms with E-state index < -0.39 is 0 Å². The van der Waals surface area contributed by atoms with Crippen molar-refractivity contribution >= 4 is 5.91 Å². The van der Waals surface area contributed by atoms with E-state index in [-0.39, 0.29) is 6.10 Å². The van der Waals surface area contributed by atoms with Crippen molar-refractivity contribution in [1.82, 2.24) is 4.90 Å². The molecule has 0 aromatic carbocycles. The standard InChI is InChI=1S/C28H45NO2/c1-27-16-14-25-23(11-9-21-19-22(30)13-15-28(21,25)2)24(27)12-10-20(27)7-6-8-26(31)29-17-4-3-5-18-29/h9,20,22-25,30H,3-8,10-19H2,1-2H3/t20-,22-,23-,24-,25-,27+,28-/m0/s1.